The minimum atomic E-state index is 0.740. The first kappa shape index (κ1) is 13.5. The van der Waals surface area contributed by atoms with Crippen LogP contribution in [0.25, 0.3) is 0 Å². The molecule has 1 aliphatic rings. The van der Waals surface area contributed by atoms with Crippen molar-refractivity contribution in [1.29, 1.82) is 0 Å². The fraction of sp³-hybridized carbons (Fsp3) is 0.769. The maximum absolute atomic E-state index is 5.56. The zero-order valence-corrected chi connectivity index (χ0v) is 11.4. The molecule has 0 saturated heterocycles. The molecule has 5 heteroatoms. The third kappa shape index (κ3) is 5.16. The fourth-order valence-corrected chi connectivity index (χ4v) is 1.68. The van der Waals surface area contributed by atoms with Crippen LogP contribution in [0.2, 0.25) is 0 Å². The van der Waals surface area contributed by atoms with E-state index < -0.39 is 0 Å². The van der Waals surface area contributed by atoms with Gasteiger partial charge < -0.3 is 19.5 Å². The quantitative estimate of drug-likeness (QED) is 0.657. The molecule has 0 aromatic carbocycles. The van der Waals surface area contributed by atoms with E-state index in [1.807, 2.05) is 6.33 Å². The van der Waals surface area contributed by atoms with Crippen LogP contribution in [0.5, 0.6) is 0 Å². The van der Waals surface area contributed by atoms with Gasteiger partial charge in [-0.25, -0.2) is 4.98 Å². The van der Waals surface area contributed by atoms with Gasteiger partial charge in [0.15, 0.2) is 0 Å². The Kier molecular flexibility index (Phi) is 5.16. The molecular formula is C13H24N4O. The number of nitrogens with zero attached hydrogens (tertiary/aromatic N) is 3. The van der Waals surface area contributed by atoms with Crippen LogP contribution in [0.4, 0.5) is 0 Å². The van der Waals surface area contributed by atoms with Crippen LogP contribution in [-0.4, -0.2) is 54.3 Å². The molecule has 0 atom stereocenters. The molecule has 1 aromatic rings. The van der Waals surface area contributed by atoms with E-state index in [0.29, 0.717) is 0 Å². The molecule has 0 bridgehead atoms. The number of rotatable bonds is 9. The average Bonchev–Trinajstić information content (AvgIpc) is 3.06. The van der Waals surface area contributed by atoms with E-state index in [1.54, 1.807) is 0 Å². The van der Waals surface area contributed by atoms with Gasteiger partial charge in [0.25, 0.3) is 0 Å². The summed E-state index contributed by atoms with van der Waals surface area (Å²) in [6.07, 6.45) is 6.63. The SMILES string of the molecule is CN(C)CCOCCn1cnc(CNC2CC2)c1. The summed E-state index contributed by atoms with van der Waals surface area (Å²) in [4.78, 5) is 6.50. The largest absolute Gasteiger partial charge is 0.378 e. The molecule has 0 radical (unpaired) electrons. The number of imidazole rings is 1. The van der Waals surface area contributed by atoms with Crippen molar-refractivity contribution in [2.75, 3.05) is 33.9 Å². The number of hydrogen-bond donors (Lipinski definition) is 1. The second kappa shape index (κ2) is 6.87. The standard InChI is InChI=1S/C13H24N4O/c1-16(2)5-7-18-8-6-17-10-13(15-11-17)9-14-12-3-4-12/h10-12,14H,3-9H2,1-2H3. The summed E-state index contributed by atoms with van der Waals surface area (Å²) in [6.45, 7) is 4.28. The van der Waals surface area contributed by atoms with Crippen molar-refractivity contribution >= 4 is 0 Å². The highest BCUT2D eigenvalue weighted by atomic mass is 16.5. The third-order valence-electron chi connectivity index (χ3n) is 3.01. The van der Waals surface area contributed by atoms with Crippen LogP contribution in [-0.2, 0) is 17.8 Å². The summed E-state index contributed by atoms with van der Waals surface area (Å²) in [7, 11) is 4.11. The second-order valence-electron chi connectivity index (χ2n) is 5.17. The van der Waals surface area contributed by atoms with Crippen molar-refractivity contribution in [3.05, 3.63) is 18.2 Å². The maximum Gasteiger partial charge on any atom is 0.0950 e. The van der Waals surface area contributed by atoms with Gasteiger partial charge in [-0.05, 0) is 26.9 Å². The summed E-state index contributed by atoms with van der Waals surface area (Å²) in [6, 6.07) is 0.740. The van der Waals surface area contributed by atoms with Crippen molar-refractivity contribution in [1.82, 2.24) is 19.8 Å². The summed E-state index contributed by atoms with van der Waals surface area (Å²) >= 11 is 0. The minimum absolute atomic E-state index is 0.740. The smallest absolute Gasteiger partial charge is 0.0950 e. The van der Waals surface area contributed by atoms with Crippen LogP contribution in [0.15, 0.2) is 12.5 Å². The van der Waals surface area contributed by atoms with Crippen LogP contribution in [0, 0.1) is 0 Å². The van der Waals surface area contributed by atoms with Crippen molar-refractivity contribution in [3.8, 4) is 0 Å². The third-order valence-corrected chi connectivity index (χ3v) is 3.01. The molecule has 1 N–H and O–H groups in total. The van der Waals surface area contributed by atoms with Crippen LogP contribution in [0.1, 0.15) is 18.5 Å². The fourth-order valence-electron chi connectivity index (χ4n) is 1.68. The minimum Gasteiger partial charge on any atom is -0.378 e. The van der Waals surface area contributed by atoms with E-state index in [4.69, 9.17) is 4.74 Å². The number of aromatic nitrogens is 2. The molecule has 1 aromatic heterocycles. The van der Waals surface area contributed by atoms with E-state index in [1.165, 1.54) is 12.8 Å². The second-order valence-corrected chi connectivity index (χ2v) is 5.17. The summed E-state index contributed by atoms with van der Waals surface area (Å²) in [5.74, 6) is 0. The lowest BCUT2D eigenvalue weighted by atomic mass is 10.4. The number of likely N-dealkylation sites (N-methyl/N-ethyl adjacent to an activating group) is 1. The molecule has 0 unspecified atom stereocenters. The predicted octanol–water partition coefficient (Wildman–Crippen LogP) is 0.713. The zero-order chi connectivity index (χ0) is 12.8. The highest BCUT2D eigenvalue weighted by Crippen LogP contribution is 2.18. The highest BCUT2D eigenvalue weighted by Gasteiger charge is 2.20. The monoisotopic (exact) mass is 252 g/mol. The van der Waals surface area contributed by atoms with Crippen molar-refractivity contribution < 1.29 is 4.74 Å². The van der Waals surface area contributed by atoms with E-state index in [2.05, 4.69) is 40.1 Å². The summed E-state index contributed by atoms with van der Waals surface area (Å²) in [5.41, 5.74) is 1.12. The topological polar surface area (TPSA) is 42.3 Å². The number of hydrogen-bond acceptors (Lipinski definition) is 4. The van der Waals surface area contributed by atoms with Gasteiger partial charge in [0.1, 0.15) is 0 Å². The molecule has 1 fully saturated rings. The lowest BCUT2D eigenvalue weighted by Crippen LogP contribution is -2.19. The first-order chi connectivity index (χ1) is 8.74. The maximum atomic E-state index is 5.56. The van der Waals surface area contributed by atoms with Gasteiger partial charge in [-0.1, -0.05) is 0 Å². The van der Waals surface area contributed by atoms with Crippen molar-refractivity contribution in [2.24, 2.45) is 0 Å². The lowest BCUT2D eigenvalue weighted by Gasteiger charge is -2.09. The van der Waals surface area contributed by atoms with E-state index in [-0.39, 0.29) is 0 Å². The first-order valence-corrected chi connectivity index (χ1v) is 6.70. The van der Waals surface area contributed by atoms with Crippen LogP contribution in [0.3, 0.4) is 0 Å². The van der Waals surface area contributed by atoms with Crippen LogP contribution >= 0.6 is 0 Å². The van der Waals surface area contributed by atoms with Gasteiger partial charge in [0.05, 0.1) is 25.2 Å². The Morgan fingerprint density at radius 1 is 1.44 bits per heavy atom. The predicted molar refractivity (Wildman–Crippen MR) is 71.5 cm³/mol. The zero-order valence-electron chi connectivity index (χ0n) is 11.4. The molecule has 18 heavy (non-hydrogen) atoms. The Balaban J connectivity index is 1.57. The normalized spacial score (nSPS) is 15.5. The Morgan fingerprint density at radius 3 is 3.00 bits per heavy atom. The van der Waals surface area contributed by atoms with Crippen molar-refractivity contribution in [2.45, 2.75) is 32.0 Å². The molecule has 2 rings (SSSR count). The van der Waals surface area contributed by atoms with E-state index in [9.17, 15) is 0 Å². The lowest BCUT2D eigenvalue weighted by molar-refractivity contribution is 0.111. The van der Waals surface area contributed by atoms with Gasteiger partial charge in [-0.3, -0.25) is 0 Å². The van der Waals surface area contributed by atoms with E-state index in [0.717, 1.165) is 44.6 Å². The number of ether oxygens (including phenoxy) is 1. The highest BCUT2D eigenvalue weighted by molar-refractivity contribution is 4.97. The molecule has 1 saturated carbocycles. The number of nitrogens with one attached hydrogen (secondary N) is 1. The molecule has 0 amide bonds. The molecule has 5 nitrogen and oxygen atoms in total. The summed E-state index contributed by atoms with van der Waals surface area (Å²) in [5, 5.41) is 3.46. The van der Waals surface area contributed by atoms with Gasteiger partial charge in [0, 0.05) is 31.9 Å². The average molecular weight is 252 g/mol. The Bertz CT molecular complexity index is 347. The molecule has 0 aliphatic heterocycles. The Hall–Kier alpha value is -0.910. The molecule has 1 heterocycles. The Morgan fingerprint density at radius 2 is 2.28 bits per heavy atom. The van der Waals surface area contributed by atoms with Gasteiger partial charge >= 0.3 is 0 Å². The van der Waals surface area contributed by atoms with Crippen molar-refractivity contribution in [3.63, 3.8) is 0 Å². The van der Waals surface area contributed by atoms with E-state index >= 15 is 0 Å². The molecule has 0 spiro atoms. The summed E-state index contributed by atoms with van der Waals surface area (Å²) < 4.78 is 7.66. The Labute approximate surface area is 109 Å². The first-order valence-electron chi connectivity index (χ1n) is 6.70. The van der Waals surface area contributed by atoms with Gasteiger partial charge in [-0.2, -0.15) is 0 Å². The molecule has 102 valence electrons. The van der Waals surface area contributed by atoms with Gasteiger partial charge in [-0.15, -0.1) is 0 Å². The molecular weight excluding hydrogens is 228 g/mol. The molecule has 1 aliphatic carbocycles. The van der Waals surface area contributed by atoms with Gasteiger partial charge in [0.2, 0.25) is 0 Å². The van der Waals surface area contributed by atoms with Crippen LogP contribution < -0.4 is 5.32 Å².